The van der Waals surface area contributed by atoms with Gasteiger partial charge in [-0.25, -0.2) is 9.29 Å². The van der Waals surface area contributed by atoms with Gasteiger partial charge in [0.1, 0.15) is 11.9 Å². The summed E-state index contributed by atoms with van der Waals surface area (Å²) in [5.41, 5.74) is 1.98. The number of benzene rings is 2. The van der Waals surface area contributed by atoms with E-state index in [4.69, 9.17) is 11.6 Å². The van der Waals surface area contributed by atoms with Gasteiger partial charge in [0.15, 0.2) is 0 Å². The van der Waals surface area contributed by atoms with Gasteiger partial charge in [-0.1, -0.05) is 23.3 Å². The van der Waals surface area contributed by atoms with Gasteiger partial charge in [-0.2, -0.15) is 0 Å². The average Bonchev–Trinajstić information content (AvgIpc) is 3.09. The van der Waals surface area contributed by atoms with Crippen molar-refractivity contribution in [1.82, 2.24) is 4.90 Å². The van der Waals surface area contributed by atoms with Crippen LogP contribution in [0.4, 0.5) is 10.1 Å². The van der Waals surface area contributed by atoms with Crippen LogP contribution in [0, 0.1) is 5.82 Å². The molecule has 1 fully saturated rings. The van der Waals surface area contributed by atoms with Gasteiger partial charge in [0.25, 0.3) is 11.8 Å². The summed E-state index contributed by atoms with van der Waals surface area (Å²) in [6, 6.07) is 10.8. The van der Waals surface area contributed by atoms with E-state index in [1.54, 1.807) is 24.3 Å². The summed E-state index contributed by atoms with van der Waals surface area (Å²) in [5.74, 6) is -1.63. The molecule has 1 heterocycles. The van der Waals surface area contributed by atoms with Crippen LogP contribution in [0.25, 0.3) is 0 Å². The summed E-state index contributed by atoms with van der Waals surface area (Å²) in [4.78, 5) is 42.0. The third-order valence-corrected chi connectivity index (χ3v) is 6.25. The molecule has 0 spiro atoms. The fraction of sp³-hybridized carbons (Fsp3) is 0.320. The quantitative estimate of drug-likeness (QED) is 0.448. The smallest absolute Gasteiger partial charge is 0.257 e. The molecule has 0 N–H and O–H groups in total. The summed E-state index contributed by atoms with van der Waals surface area (Å²) in [6.45, 7) is 0.320. The van der Waals surface area contributed by atoms with Crippen LogP contribution in [0.5, 0.6) is 0 Å². The van der Waals surface area contributed by atoms with Crippen LogP contribution >= 0.6 is 11.6 Å². The molecular formula is C25H24ClFN2O3. The molecule has 1 atom stereocenters. The van der Waals surface area contributed by atoms with Crippen LogP contribution in [0.15, 0.2) is 60.2 Å². The van der Waals surface area contributed by atoms with Crippen molar-refractivity contribution in [3.05, 3.63) is 76.6 Å². The first-order valence-electron chi connectivity index (χ1n) is 10.8. The van der Waals surface area contributed by atoms with E-state index in [-0.39, 0.29) is 23.8 Å². The van der Waals surface area contributed by atoms with E-state index in [1.165, 1.54) is 34.7 Å². The Morgan fingerprint density at radius 1 is 1.06 bits per heavy atom. The van der Waals surface area contributed by atoms with E-state index in [9.17, 15) is 18.8 Å². The zero-order valence-electron chi connectivity index (χ0n) is 17.6. The van der Waals surface area contributed by atoms with Crippen LogP contribution < -0.4 is 4.90 Å². The lowest BCUT2D eigenvalue weighted by molar-refractivity contribution is -0.122. The van der Waals surface area contributed by atoms with Crippen LogP contribution in [0.2, 0.25) is 5.02 Å². The highest BCUT2D eigenvalue weighted by molar-refractivity contribution is 6.31. The number of imide groups is 1. The maximum atomic E-state index is 13.4. The first kappa shape index (κ1) is 22.2. The van der Waals surface area contributed by atoms with Crippen molar-refractivity contribution in [1.29, 1.82) is 0 Å². The lowest BCUT2D eigenvalue weighted by Gasteiger charge is -2.28. The van der Waals surface area contributed by atoms with E-state index in [0.29, 0.717) is 23.7 Å². The Labute approximate surface area is 191 Å². The second-order valence-electron chi connectivity index (χ2n) is 8.13. The monoisotopic (exact) mass is 454 g/mol. The van der Waals surface area contributed by atoms with Gasteiger partial charge in [0, 0.05) is 17.1 Å². The Hall–Kier alpha value is -2.99. The van der Waals surface area contributed by atoms with Gasteiger partial charge >= 0.3 is 0 Å². The number of carbonyl (C=O) groups is 3. The predicted molar refractivity (Wildman–Crippen MR) is 121 cm³/mol. The minimum atomic E-state index is -0.903. The molecule has 2 aromatic carbocycles. The number of hydrogen-bond acceptors (Lipinski definition) is 3. The largest absolute Gasteiger partial charge is 0.326 e. The Morgan fingerprint density at radius 2 is 1.78 bits per heavy atom. The Kier molecular flexibility index (Phi) is 6.70. The lowest BCUT2D eigenvalue weighted by Crippen LogP contribution is -2.46. The lowest BCUT2D eigenvalue weighted by atomic mass is 9.96. The highest BCUT2D eigenvalue weighted by atomic mass is 35.5. The Bertz CT molecular complexity index is 1050. The topological polar surface area (TPSA) is 57.7 Å². The first-order chi connectivity index (χ1) is 15.4. The van der Waals surface area contributed by atoms with E-state index < -0.39 is 17.8 Å². The summed E-state index contributed by atoms with van der Waals surface area (Å²) < 4.78 is 13.4. The number of halogens is 2. The highest BCUT2D eigenvalue weighted by Crippen LogP contribution is 2.29. The summed E-state index contributed by atoms with van der Waals surface area (Å²) in [7, 11) is 0. The number of amides is 3. The van der Waals surface area contributed by atoms with Gasteiger partial charge < -0.3 is 4.90 Å². The number of anilines is 1. The van der Waals surface area contributed by atoms with Gasteiger partial charge in [0.05, 0.1) is 12.1 Å². The maximum absolute atomic E-state index is 13.4. The molecule has 0 bridgehead atoms. The number of nitrogens with zero attached hydrogens (tertiary/aromatic N) is 2. The summed E-state index contributed by atoms with van der Waals surface area (Å²) in [6.07, 6.45) is 7.03. The second kappa shape index (κ2) is 9.65. The SMILES string of the molecule is O=C1CC(N(CCC2=CCCCC2)C(=O)c2ccc(F)cc2)C(=O)N1c1ccc(Cl)cc1. The van der Waals surface area contributed by atoms with E-state index in [2.05, 4.69) is 6.08 Å². The third-order valence-electron chi connectivity index (χ3n) is 5.99. The molecule has 3 amide bonds. The van der Waals surface area contributed by atoms with Gasteiger partial charge in [0.2, 0.25) is 5.91 Å². The Balaban J connectivity index is 1.60. The van der Waals surface area contributed by atoms with E-state index in [0.717, 1.165) is 30.6 Å². The molecule has 32 heavy (non-hydrogen) atoms. The molecule has 1 aliphatic heterocycles. The molecular weight excluding hydrogens is 431 g/mol. The van der Waals surface area contributed by atoms with E-state index in [1.807, 2.05) is 0 Å². The molecule has 5 nitrogen and oxygen atoms in total. The van der Waals surface area contributed by atoms with Gasteiger partial charge in [-0.05, 0) is 80.6 Å². The third kappa shape index (κ3) is 4.75. The normalized spacial score (nSPS) is 18.6. The fourth-order valence-corrected chi connectivity index (χ4v) is 4.40. The molecule has 166 valence electrons. The second-order valence-corrected chi connectivity index (χ2v) is 8.56. The molecule has 1 aliphatic carbocycles. The van der Waals surface area contributed by atoms with Crippen molar-refractivity contribution >= 4 is 35.0 Å². The van der Waals surface area contributed by atoms with Crippen molar-refractivity contribution in [2.24, 2.45) is 0 Å². The van der Waals surface area contributed by atoms with Gasteiger partial charge in [-0.3, -0.25) is 14.4 Å². The number of allylic oxidation sites excluding steroid dienone is 1. The number of carbonyl (C=O) groups excluding carboxylic acids is 3. The minimum absolute atomic E-state index is 0.0898. The molecule has 7 heteroatoms. The van der Waals surface area contributed by atoms with Crippen LogP contribution in [-0.4, -0.2) is 35.2 Å². The van der Waals surface area contributed by atoms with Crippen LogP contribution in [0.1, 0.15) is 48.9 Å². The molecule has 0 radical (unpaired) electrons. The summed E-state index contributed by atoms with van der Waals surface area (Å²) in [5, 5.41) is 0.498. The molecule has 2 aromatic rings. The van der Waals surface area contributed by atoms with Crippen molar-refractivity contribution in [3.63, 3.8) is 0 Å². The van der Waals surface area contributed by atoms with Crippen molar-refractivity contribution < 1.29 is 18.8 Å². The van der Waals surface area contributed by atoms with Crippen molar-refractivity contribution in [2.45, 2.75) is 44.6 Å². The average molecular weight is 455 g/mol. The molecule has 2 aliphatic rings. The van der Waals surface area contributed by atoms with Crippen molar-refractivity contribution in [3.8, 4) is 0 Å². The minimum Gasteiger partial charge on any atom is -0.326 e. The molecule has 0 aromatic heterocycles. The Morgan fingerprint density at radius 3 is 2.44 bits per heavy atom. The highest BCUT2D eigenvalue weighted by Gasteiger charge is 2.44. The zero-order valence-corrected chi connectivity index (χ0v) is 18.4. The predicted octanol–water partition coefficient (Wildman–Crippen LogP) is 5.14. The fourth-order valence-electron chi connectivity index (χ4n) is 4.27. The van der Waals surface area contributed by atoms with E-state index >= 15 is 0 Å². The van der Waals surface area contributed by atoms with Crippen LogP contribution in [0.3, 0.4) is 0 Å². The van der Waals surface area contributed by atoms with Crippen LogP contribution in [-0.2, 0) is 9.59 Å². The molecule has 0 saturated carbocycles. The zero-order chi connectivity index (χ0) is 22.7. The molecule has 1 unspecified atom stereocenters. The maximum Gasteiger partial charge on any atom is 0.257 e. The standard InChI is InChI=1S/C25H24ClFN2O3/c26-19-8-12-21(13-9-19)29-23(30)16-22(25(29)32)28(15-14-17-4-2-1-3-5-17)24(31)18-6-10-20(27)11-7-18/h4,6-13,22H,1-3,5,14-16H2. The first-order valence-corrected chi connectivity index (χ1v) is 11.2. The summed E-state index contributed by atoms with van der Waals surface area (Å²) >= 11 is 5.93. The number of rotatable bonds is 6. The number of hydrogen-bond donors (Lipinski definition) is 0. The van der Waals surface area contributed by atoms with Gasteiger partial charge in [-0.15, -0.1) is 0 Å². The molecule has 1 saturated heterocycles. The molecule has 4 rings (SSSR count). The van der Waals surface area contributed by atoms with Crippen molar-refractivity contribution in [2.75, 3.05) is 11.4 Å².